The van der Waals surface area contributed by atoms with Crippen LogP contribution >= 0.6 is 0 Å². The fourth-order valence-corrected chi connectivity index (χ4v) is 1.57. The first-order chi connectivity index (χ1) is 8.84. The summed E-state index contributed by atoms with van der Waals surface area (Å²) in [7, 11) is 0. The van der Waals surface area contributed by atoms with Crippen LogP contribution in [0.4, 0.5) is 13.2 Å². The normalized spacial score (nSPS) is 13.1. The van der Waals surface area contributed by atoms with Gasteiger partial charge < -0.3 is 10.4 Å². The van der Waals surface area contributed by atoms with Crippen molar-refractivity contribution < 1.29 is 23.1 Å². The number of nitrogens with one attached hydrogen (secondary N) is 1. The van der Waals surface area contributed by atoms with E-state index in [-0.39, 0.29) is 18.0 Å². The van der Waals surface area contributed by atoms with E-state index in [1.165, 1.54) is 12.1 Å². The minimum absolute atomic E-state index is 0.0971. The van der Waals surface area contributed by atoms with Gasteiger partial charge in [-0.15, -0.1) is 0 Å². The number of carbonyl (C=O) groups excluding carboxylic acids is 1. The molecule has 1 rings (SSSR count). The predicted molar refractivity (Wildman–Crippen MR) is 64.3 cm³/mol. The van der Waals surface area contributed by atoms with Gasteiger partial charge in [0.15, 0.2) is 0 Å². The highest BCUT2D eigenvalue weighted by Gasteiger charge is 2.30. The molecule has 1 atom stereocenters. The Morgan fingerprint density at radius 1 is 1.42 bits per heavy atom. The molecule has 0 fully saturated rings. The average Bonchev–Trinajstić information content (AvgIpc) is 2.35. The number of rotatable bonds is 5. The van der Waals surface area contributed by atoms with Gasteiger partial charge in [-0.2, -0.15) is 13.2 Å². The lowest BCUT2D eigenvalue weighted by atomic mass is 10.1. The highest BCUT2D eigenvalue weighted by atomic mass is 19.4. The van der Waals surface area contributed by atoms with Crippen LogP contribution in [0.5, 0.6) is 0 Å². The van der Waals surface area contributed by atoms with Crippen molar-refractivity contribution in [3.05, 3.63) is 35.4 Å². The van der Waals surface area contributed by atoms with Crippen LogP contribution in [0.25, 0.3) is 0 Å². The first kappa shape index (κ1) is 15.5. The Morgan fingerprint density at radius 3 is 2.68 bits per heavy atom. The maximum atomic E-state index is 12.5. The summed E-state index contributed by atoms with van der Waals surface area (Å²) in [4.78, 5) is 11.2. The van der Waals surface area contributed by atoms with E-state index in [1.807, 2.05) is 6.92 Å². The zero-order valence-electron chi connectivity index (χ0n) is 10.5. The van der Waals surface area contributed by atoms with Crippen LogP contribution in [0.1, 0.15) is 37.0 Å². The van der Waals surface area contributed by atoms with Crippen LogP contribution in [0.2, 0.25) is 0 Å². The molecule has 106 valence electrons. The Hall–Kier alpha value is -1.56. The third kappa shape index (κ3) is 4.90. The first-order valence-corrected chi connectivity index (χ1v) is 5.96. The van der Waals surface area contributed by atoms with Crippen LogP contribution in [0, 0.1) is 0 Å². The van der Waals surface area contributed by atoms with E-state index in [0.29, 0.717) is 12.8 Å². The summed E-state index contributed by atoms with van der Waals surface area (Å²) in [5.74, 6) is -0.228. The van der Waals surface area contributed by atoms with Crippen molar-refractivity contribution in [2.75, 3.05) is 6.54 Å². The van der Waals surface area contributed by atoms with E-state index in [2.05, 4.69) is 5.32 Å². The molecule has 0 aliphatic rings. The number of aliphatic hydroxyl groups is 1. The molecule has 0 heterocycles. The van der Waals surface area contributed by atoms with Gasteiger partial charge in [-0.05, 0) is 24.1 Å². The van der Waals surface area contributed by atoms with Gasteiger partial charge in [0.2, 0.25) is 5.91 Å². The Kier molecular flexibility index (Phi) is 5.35. The van der Waals surface area contributed by atoms with Gasteiger partial charge in [-0.3, -0.25) is 4.79 Å². The molecule has 1 amide bonds. The van der Waals surface area contributed by atoms with Gasteiger partial charge in [-0.25, -0.2) is 0 Å². The number of amides is 1. The maximum absolute atomic E-state index is 12.5. The smallest absolute Gasteiger partial charge is 0.387 e. The zero-order chi connectivity index (χ0) is 14.5. The zero-order valence-corrected chi connectivity index (χ0v) is 10.5. The van der Waals surface area contributed by atoms with E-state index in [4.69, 9.17) is 0 Å². The summed E-state index contributed by atoms with van der Waals surface area (Å²) < 4.78 is 37.5. The van der Waals surface area contributed by atoms with Crippen molar-refractivity contribution in [1.82, 2.24) is 5.32 Å². The lowest BCUT2D eigenvalue weighted by Crippen LogP contribution is -2.28. The second-order valence-electron chi connectivity index (χ2n) is 4.19. The lowest BCUT2D eigenvalue weighted by molar-refractivity contribution is -0.137. The Bertz CT molecular complexity index is 432. The number of hydrogen-bond donors (Lipinski definition) is 2. The molecule has 1 unspecified atom stereocenters. The summed E-state index contributed by atoms with van der Waals surface area (Å²) in [6.45, 7) is 1.74. The quantitative estimate of drug-likeness (QED) is 0.868. The summed E-state index contributed by atoms with van der Waals surface area (Å²) in [6, 6.07) is 4.45. The molecular formula is C13H16F3NO2. The standard InChI is InChI=1S/C13H16F3NO2/c1-2-4-12(19)17-8-11(18)9-5-3-6-10(7-9)13(14,15)16/h3,5-7,11,18H,2,4,8H2,1H3,(H,17,19). The third-order valence-corrected chi connectivity index (χ3v) is 2.57. The molecule has 3 nitrogen and oxygen atoms in total. The molecule has 6 heteroatoms. The summed E-state index contributed by atoms with van der Waals surface area (Å²) >= 11 is 0. The van der Waals surface area contributed by atoms with Crippen LogP contribution in [0.3, 0.4) is 0 Å². The molecular weight excluding hydrogens is 259 g/mol. The van der Waals surface area contributed by atoms with E-state index in [9.17, 15) is 23.1 Å². The minimum atomic E-state index is -4.44. The van der Waals surface area contributed by atoms with Gasteiger partial charge in [0.05, 0.1) is 11.7 Å². The van der Waals surface area contributed by atoms with Crippen LogP contribution in [-0.2, 0) is 11.0 Å². The van der Waals surface area contributed by atoms with Crippen molar-refractivity contribution in [3.8, 4) is 0 Å². The van der Waals surface area contributed by atoms with Crippen LogP contribution in [-0.4, -0.2) is 17.6 Å². The Labute approximate surface area is 109 Å². The maximum Gasteiger partial charge on any atom is 0.416 e. The number of hydrogen-bond acceptors (Lipinski definition) is 2. The molecule has 2 N–H and O–H groups in total. The van der Waals surface area contributed by atoms with Crippen molar-refractivity contribution in [3.63, 3.8) is 0 Å². The average molecular weight is 275 g/mol. The monoisotopic (exact) mass is 275 g/mol. The molecule has 19 heavy (non-hydrogen) atoms. The molecule has 1 aromatic carbocycles. The molecule has 0 bridgehead atoms. The van der Waals surface area contributed by atoms with Crippen molar-refractivity contribution in [2.24, 2.45) is 0 Å². The second-order valence-corrected chi connectivity index (χ2v) is 4.19. The SMILES string of the molecule is CCCC(=O)NCC(O)c1cccc(C(F)(F)F)c1. The third-order valence-electron chi connectivity index (χ3n) is 2.57. The topological polar surface area (TPSA) is 49.3 Å². The van der Waals surface area contributed by atoms with E-state index >= 15 is 0 Å². The molecule has 0 aliphatic heterocycles. The number of benzene rings is 1. The van der Waals surface area contributed by atoms with E-state index < -0.39 is 17.8 Å². The van der Waals surface area contributed by atoms with Gasteiger partial charge in [0, 0.05) is 13.0 Å². The van der Waals surface area contributed by atoms with Crippen molar-refractivity contribution >= 4 is 5.91 Å². The molecule has 0 aliphatic carbocycles. The molecule has 0 spiro atoms. The molecule has 0 aromatic heterocycles. The first-order valence-electron chi connectivity index (χ1n) is 5.96. The van der Waals surface area contributed by atoms with Gasteiger partial charge >= 0.3 is 6.18 Å². The van der Waals surface area contributed by atoms with Crippen LogP contribution in [0.15, 0.2) is 24.3 Å². The number of halogens is 3. The van der Waals surface area contributed by atoms with Crippen molar-refractivity contribution in [2.45, 2.75) is 32.0 Å². The van der Waals surface area contributed by atoms with Gasteiger partial charge in [0.25, 0.3) is 0 Å². The minimum Gasteiger partial charge on any atom is -0.387 e. The molecule has 0 saturated carbocycles. The molecule has 0 radical (unpaired) electrons. The van der Waals surface area contributed by atoms with Gasteiger partial charge in [0.1, 0.15) is 0 Å². The summed E-state index contributed by atoms with van der Waals surface area (Å²) in [6.07, 6.45) is -4.59. The summed E-state index contributed by atoms with van der Waals surface area (Å²) in [5.41, 5.74) is -0.685. The second kappa shape index (κ2) is 6.56. The van der Waals surface area contributed by atoms with E-state index in [0.717, 1.165) is 12.1 Å². The highest BCUT2D eigenvalue weighted by Crippen LogP contribution is 2.30. The number of aliphatic hydroxyl groups excluding tert-OH is 1. The largest absolute Gasteiger partial charge is 0.416 e. The van der Waals surface area contributed by atoms with Gasteiger partial charge in [-0.1, -0.05) is 19.1 Å². The fourth-order valence-electron chi connectivity index (χ4n) is 1.57. The van der Waals surface area contributed by atoms with Crippen LogP contribution < -0.4 is 5.32 Å². The fraction of sp³-hybridized carbons (Fsp3) is 0.462. The van der Waals surface area contributed by atoms with E-state index in [1.54, 1.807) is 0 Å². The predicted octanol–water partition coefficient (Wildman–Crippen LogP) is 2.66. The number of alkyl halides is 3. The lowest BCUT2D eigenvalue weighted by Gasteiger charge is -2.14. The molecule has 1 aromatic rings. The number of carbonyl (C=O) groups is 1. The van der Waals surface area contributed by atoms with Crippen molar-refractivity contribution in [1.29, 1.82) is 0 Å². The Balaban J connectivity index is 2.67. The highest BCUT2D eigenvalue weighted by molar-refractivity contribution is 5.75. The molecule has 0 saturated heterocycles. The summed E-state index contributed by atoms with van der Waals surface area (Å²) in [5, 5.41) is 12.2. The Morgan fingerprint density at radius 2 is 2.11 bits per heavy atom.